The van der Waals surface area contributed by atoms with Crippen molar-refractivity contribution in [3.63, 3.8) is 0 Å². The molecule has 3 N–H and O–H groups in total. The molecule has 0 fully saturated rings. The molecular weight excluding hydrogens is 290 g/mol. The van der Waals surface area contributed by atoms with Crippen molar-refractivity contribution >= 4 is 23.6 Å². The molecule has 0 bridgehead atoms. The van der Waals surface area contributed by atoms with Crippen molar-refractivity contribution in [3.05, 3.63) is 84.6 Å². The maximum atomic E-state index is 12.5. The van der Waals surface area contributed by atoms with Gasteiger partial charge in [-0.2, -0.15) is 5.10 Å². The maximum Gasteiger partial charge on any atom is 0.345 e. The number of nitrogens with zero attached hydrogens (tertiary/aromatic N) is 1. The Bertz CT molecular complexity index is 722. The lowest BCUT2D eigenvalue weighted by atomic mass is 10.1. The van der Waals surface area contributed by atoms with Gasteiger partial charge in [0.1, 0.15) is 12.1 Å². The van der Waals surface area contributed by atoms with Gasteiger partial charge in [-0.05, 0) is 5.56 Å². The number of hydrazone groups is 1. The molecule has 0 unspecified atom stereocenters. The fourth-order valence-corrected chi connectivity index (χ4v) is 1.89. The van der Waals surface area contributed by atoms with E-state index in [1.54, 1.807) is 12.1 Å². The van der Waals surface area contributed by atoms with Gasteiger partial charge in [-0.15, -0.1) is 0 Å². The summed E-state index contributed by atoms with van der Waals surface area (Å²) in [4.78, 5) is 12.5. The Labute approximate surface area is 134 Å². The average Bonchev–Trinajstić information content (AvgIpc) is 2.60. The molecule has 0 atom stereocenters. The van der Waals surface area contributed by atoms with Crippen molar-refractivity contribution in [2.24, 2.45) is 10.9 Å². The largest absolute Gasteiger partial charge is 0.423 e. The van der Waals surface area contributed by atoms with Crippen molar-refractivity contribution in [2.75, 3.05) is 0 Å². The molecule has 0 aliphatic heterocycles. The molecule has 5 heteroatoms. The van der Waals surface area contributed by atoms with Crippen LogP contribution in [0, 0.1) is 0 Å². The second-order valence-corrected chi connectivity index (χ2v) is 4.55. The molecule has 5 nitrogen and oxygen atoms in total. The molecule has 2 aromatic rings. The molecule has 0 aliphatic rings. The van der Waals surface area contributed by atoms with Crippen molar-refractivity contribution in [1.82, 2.24) is 5.32 Å². The summed E-state index contributed by atoms with van der Waals surface area (Å²) in [6.07, 6.45) is 2.74. The normalized spacial score (nSPS) is 11.2. The van der Waals surface area contributed by atoms with Crippen LogP contribution < -0.4 is 11.2 Å². The molecule has 2 aromatic carbocycles. The first-order valence-electron chi connectivity index (χ1n) is 6.92. The first kappa shape index (κ1) is 16.0. The van der Waals surface area contributed by atoms with Gasteiger partial charge in [0.2, 0.25) is 0 Å². The van der Waals surface area contributed by atoms with Crippen LogP contribution in [0.25, 0.3) is 11.3 Å². The zero-order valence-electron chi connectivity index (χ0n) is 12.5. The number of ether oxygens (including phenoxy) is 1. The average molecular weight is 307 g/mol. The van der Waals surface area contributed by atoms with Crippen LogP contribution in [0.4, 0.5) is 0 Å². The van der Waals surface area contributed by atoms with Crippen molar-refractivity contribution < 1.29 is 9.53 Å². The number of nitrogens with one attached hydrogen (secondary N) is 1. The Morgan fingerprint density at radius 3 is 2.17 bits per heavy atom. The van der Waals surface area contributed by atoms with E-state index in [-0.39, 0.29) is 5.76 Å². The third kappa shape index (κ3) is 4.57. The standard InChI is InChI=1S/C18H17N3O2/c1-14(15-8-4-2-5-9-15)23-18(22)17(12-20-13-21-19)16-10-6-3-7-11-16/h2-13H,1,19H2,(H,20,21). The van der Waals surface area contributed by atoms with Crippen LogP contribution in [0.15, 0.2) is 78.5 Å². The summed E-state index contributed by atoms with van der Waals surface area (Å²) in [6, 6.07) is 18.4. The molecule has 0 aliphatic carbocycles. The van der Waals surface area contributed by atoms with Crippen LogP contribution in [-0.4, -0.2) is 12.3 Å². The van der Waals surface area contributed by atoms with Gasteiger partial charge in [0.15, 0.2) is 0 Å². The summed E-state index contributed by atoms with van der Waals surface area (Å²) in [7, 11) is 0. The number of hydrogen-bond donors (Lipinski definition) is 2. The van der Waals surface area contributed by atoms with Crippen LogP contribution >= 0.6 is 0 Å². The van der Waals surface area contributed by atoms with E-state index in [1.807, 2.05) is 48.5 Å². The molecule has 0 radical (unpaired) electrons. The van der Waals surface area contributed by atoms with Gasteiger partial charge >= 0.3 is 5.97 Å². The number of esters is 1. The molecular formula is C18H17N3O2. The number of rotatable bonds is 6. The van der Waals surface area contributed by atoms with Gasteiger partial charge in [-0.25, -0.2) is 4.79 Å². The molecule has 0 heterocycles. The topological polar surface area (TPSA) is 76.7 Å². The van der Waals surface area contributed by atoms with Crippen LogP contribution in [0.2, 0.25) is 0 Å². The molecule has 0 saturated heterocycles. The summed E-state index contributed by atoms with van der Waals surface area (Å²) in [5, 5.41) is 6.04. The minimum Gasteiger partial charge on any atom is -0.423 e. The van der Waals surface area contributed by atoms with Gasteiger partial charge in [-0.1, -0.05) is 67.2 Å². The van der Waals surface area contributed by atoms with Crippen molar-refractivity contribution in [3.8, 4) is 0 Å². The van der Waals surface area contributed by atoms with Crippen LogP contribution in [0.5, 0.6) is 0 Å². The maximum absolute atomic E-state index is 12.5. The van der Waals surface area contributed by atoms with E-state index in [0.29, 0.717) is 11.1 Å². The lowest BCUT2D eigenvalue weighted by Crippen LogP contribution is -2.11. The number of benzene rings is 2. The highest BCUT2D eigenvalue weighted by molar-refractivity contribution is 6.17. The Balaban J connectivity index is 2.20. The number of carbonyl (C=O) groups excluding carboxylic acids is 1. The second kappa shape index (κ2) is 8.19. The summed E-state index contributed by atoms with van der Waals surface area (Å²) in [6.45, 7) is 3.80. The second-order valence-electron chi connectivity index (χ2n) is 4.55. The Hall–Kier alpha value is -3.34. The fraction of sp³-hybridized carbons (Fsp3) is 0. The summed E-state index contributed by atoms with van der Waals surface area (Å²) in [5.41, 5.74) is 1.78. The highest BCUT2D eigenvalue weighted by Crippen LogP contribution is 2.20. The SMILES string of the molecule is C=C(OC(=O)C(=CNC=NN)c1ccccc1)c1ccccc1. The van der Waals surface area contributed by atoms with E-state index in [9.17, 15) is 4.79 Å². The van der Waals surface area contributed by atoms with E-state index in [4.69, 9.17) is 10.6 Å². The third-order valence-electron chi connectivity index (χ3n) is 2.99. The minimum atomic E-state index is -0.525. The van der Waals surface area contributed by atoms with Crippen LogP contribution in [0.3, 0.4) is 0 Å². The van der Waals surface area contributed by atoms with Gasteiger partial charge < -0.3 is 15.9 Å². The van der Waals surface area contributed by atoms with E-state index in [1.165, 1.54) is 12.5 Å². The van der Waals surface area contributed by atoms with Crippen LogP contribution in [0.1, 0.15) is 11.1 Å². The molecule has 0 saturated carbocycles. The first-order valence-corrected chi connectivity index (χ1v) is 6.92. The van der Waals surface area contributed by atoms with E-state index in [2.05, 4.69) is 17.0 Å². The molecule has 0 aromatic heterocycles. The highest BCUT2D eigenvalue weighted by Gasteiger charge is 2.15. The van der Waals surface area contributed by atoms with E-state index >= 15 is 0 Å². The lowest BCUT2D eigenvalue weighted by molar-refractivity contribution is -0.130. The van der Waals surface area contributed by atoms with Gasteiger partial charge in [0, 0.05) is 11.8 Å². The minimum absolute atomic E-state index is 0.282. The monoisotopic (exact) mass is 307 g/mol. The number of hydrogen-bond acceptors (Lipinski definition) is 4. The lowest BCUT2D eigenvalue weighted by Gasteiger charge is -2.10. The van der Waals surface area contributed by atoms with E-state index < -0.39 is 5.97 Å². The van der Waals surface area contributed by atoms with Crippen LogP contribution in [-0.2, 0) is 9.53 Å². The highest BCUT2D eigenvalue weighted by atomic mass is 16.5. The molecule has 0 spiro atoms. The molecule has 116 valence electrons. The third-order valence-corrected chi connectivity index (χ3v) is 2.99. The zero-order chi connectivity index (χ0) is 16.5. The Kier molecular flexibility index (Phi) is 5.71. The number of carbonyl (C=O) groups is 1. The van der Waals surface area contributed by atoms with Gasteiger partial charge in [0.05, 0.1) is 5.57 Å². The summed E-state index contributed by atoms with van der Waals surface area (Å²) in [5.74, 6) is 4.79. The summed E-state index contributed by atoms with van der Waals surface area (Å²) < 4.78 is 5.37. The fourth-order valence-electron chi connectivity index (χ4n) is 1.89. The molecule has 23 heavy (non-hydrogen) atoms. The predicted octanol–water partition coefficient (Wildman–Crippen LogP) is 2.73. The quantitative estimate of drug-likeness (QED) is 0.164. The first-order chi connectivity index (χ1) is 11.2. The predicted molar refractivity (Wildman–Crippen MR) is 91.8 cm³/mol. The summed E-state index contributed by atoms with van der Waals surface area (Å²) >= 11 is 0. The van der Waals surface area contributed by atoms with Gasteiger partial charge in [-0.3, -0.25) is 0 Å². The van der Waals surface area contributed by atoms with Crippen molar-refractivity contribution in [2.45, 2.75) is 0 Å². The van der Waals surface area contributed by atoms with Gasteiger partial charge in [0.25, 0.3) is 0 Å². The number of nitrogens with two attached hydrogens (primary N) is 1. The van der Waals surface area contributed by atoms with Crippen molar-refractivity contribution in [1.29, 1.82) is 0 Å². The molecule has 2 rings (SSSR count). The van der Waals surface area contributed by atoms with E-state index in [0.717, 1.165) is 5.56 Å². The molecule has 0 amide bonds. The Morgan fingerprint density at radius 2 is 1.61 bits per heavy atom. The Morgan fingerprint density at radius 1 is 1.04 bits per heavy atom. The smallest absolute Gasteiger partial charge is 0.345 e. The zero-order valence-corrected chi connectivity index (χ0v) is 12.5.